The van der Waals surface area contributed by atoms with E-state index in [-0.39, 0.29) is 11.3 Å². The molecule has 2 saturated heterocycles. The lowest BCUT2D eigenvalue weighted by molar-refractivity contribution is -0.140. The zero-order valence-corrected chi connectivity index (χ0v) is 23.2. The van der Waals surface area contributed by atoms with Gasteiger partial charge in [0.25, 0.3) is 11.7 Å². The van der Waals surface area contributed by atoms with Crippen LogP contribution in [-0.4, -0.2) is 80.2 Å². The van der Waals surface area contributed by atoms with Gasteiger partial charge in [-0.25, -0.2) is 0 Å². The fraction of sp³-hybridized carbons (Fsp3) is 0.312. The van der Waals surface area contributed by atoms with E-state index in [0.29, 0.717) is 61.3 Å². The highest BCUT2D eigenvalue weighted by Gasteiger charge is 2.46. The van der Waals surface area contributed by atoms with Crippen molar-refractivity contribution >= 4 is 17.4 Å². The quantitative estimate of drug-likeness (QED) is 0.226. The van der Waals surface area contributed by atoms with Crippen LogP contribution in [0.25, 0.3) is 5.76 Å². The molecule has 1 unspecified atom stereocenters. The normalized spacial score (nSPS) is 18.9. The smallest absolute Gasteiger partial charge is 0.295 e. The van der Waals surface area contributed by atoms with Gasteiger partial charge in [-0.2, -0.15) is 0 Å². The largest absolute Gasteiger partial charge is 0.507 e. The molecule has 3 aromatic rings. The van der Waals surface area contributed by atoms with E-state index >= 15 is 0 Å². The summed E-state index contributed by atoms with van der Waals surface area (Å²) in [5, 5.41) is 11.4. The highest BCUT2D eigenvalue weighted by Crippen LogP contribution is 2.42. The monoisotopic (exact) mass is 558 g/mol. The average molecular weight is 559 g/mol. The number of methoxy groups -OCH3 is 2. The van der Waals surface area contributed by atoms with Crippen LogP contribution in [0.4, 0.5) is 0 Å². The summed E-state index contributed by atoms with van der Waals surface area (Å²) in [4.78, 5) is 30.6. The molecule has 0 aromatic heterocycles. The summed E-state index contributed by atoms with van der Waals surface area (Å²) in [6.07, 6.45) is 0. The number of aliphatic hydroxyl groups is 1. The van der Waals surface area contributed by atoms with Gasteiger partial charge in [0.05, 0.1) is 39.0 Å². The second-order valence-corrected chi connectivity index (χ2v) is 9.86. The van der Waals surface area contributed by atoms with Crippen LogP contribution < -0.4 is 14.2 Å². The minimum atomic E-state index is -0.820. The van der Waals surface area contributed by atoms with Crippen LogP contribution in [0.1, 0.15) is 22.7 Å². The van der Waals surface area contributed by atoms with Crippen molar-refractivity contribution in [3.8, 4) is 17.2 Å². The number of benzene rings is 3. The zero-order chi connectivity index (χ0) is 28.8. The third-order valence-corrected chi connectivity index (χ3v) is 7.38. The maximum atomic E-state index is 13.5. The molecule has 214 valence electrons. The van der Waals surface area contributed by atoms with Crippen molar-refractivity contribution in [2.75, 3.05) is 53.6 Å². The summed E-state index contributed by atoms with van der Waals surface area (Å²) in [6.45, 7) is 3.98. The molecule has 2 fully saturated rings. The molecule has 41 heavy (non-hydrogen) atoms. The molecule has 9 nitrogen and oxygen atoms in total. The Hall–Kier alpha value is -4.34. The van der Waals surface area contributed by atoms with Crippen molar-refractivity contribution in [3.05, 3.63) is 95.1 Å². The number of Topliss-reactive ketones (excluding diaryl/α,β-unsaturated/α-hetero) is 1. The van der Waals surface area contributed by atoms with Crippen molar-refractivity contribution < 1.29 is 33.6 Å². The fourth-order valence-electron chi connectivity index (χ4n) is 5.17. The summed E-state index contributed by atoms with van der Waals surface area (Å²) in [5.74, 6) is -0.147. The predicted molar refractivity (Wildman–Crippen MR) is 153 cm³/mol. The van der Waals surface area contributed by atoms with Crippen LogP contribution in [0.15, 0.2) is 78.4 Å². The van der Waals surface area contributed by atoms with Crippen LogP contribution in [-0.2, 0) is 20.9 Å². The first kappa shape index (κ1) is 28.2. The SMILES string of the molecule is COc1cccc(/C(O)=C2\C(=O)C(=O)N(CCN3CCOCC3)C2c2ccc(OCc3ccccc3)c(OC)c2)c1. The Bertz CT molecular complexity index is 1420. The molecule has 0 saturated carbocycles. The number of carbonyl (C=O) groups excluding carboxylic acids is 2. The van der Waals surface area contributed by atoms with Gasteiger partial charge in [-0.3, -0.25) is 14.5 Å². The maximum Gasteiger partial charge on any atom is 0.295 e. The topological polar surface area (TPSA) is 97.8 Å². The van der Waals surface area contributed by atoms with E-state index in [4.69, 9.17) is 18.9 Å². The van der Waals surface area contributed by atoms with E-state index in [1.807, 2.05) is 30.3 Å². The van der Waals surface area contributed by atoms with E-state index in [2.05, 4.69) is 4.90 Å². The molecule has 0 radical (unpaired) electrons. The number of carbonyl (C=O) groups is 2. The number of ketones is 1. The number of morpholine rings is 1. The zero-order valence-electron chi connectivity index (χ0n) is 23.2. The van der Waals surface area contributed by atoms with Gasteiger partial charge in [0.1, 0.15) is 18.1 Å². The number of amides is 1. The summed E-state index contributed by atoms with van der Waals surface area (Å²) in [7, 11) is 3.07. The first-order chi connectivity index (χ1) is 20.0. The predicted octanol–water partition coefficient (Wildman–Crippen LogP) is 4.04. The van der Waals surface area contributed by atoms with Gasteiger partial charge >= 0.3 is 0 Å². The highest BCUT2D eigenvalue weighted by atomic mass is 16.5. The third-order valence-electron chi connectivity index (χ3n) is 7.38. The number of aliphatic hydroxyl groups excluding tert-OH is 1. The van der Waals surface area contributed by atoms with Crippen LogP contribution in [0, 0.1) is 0 Å². The Morgan fingerprint density at radius 2 is 1.68 bits per heavy atom. The van der Waals surface area contributed by atoms with Gasteiger partial charge in [-0.15, -0.1) is 0 Å². The third kappa shape index (κ3) is 6.21. The second kappa shape index (κ2) is 12.9. The summed E-state index contributed by atoms with van der Waals surface area (Å²) >= 11 is 0. The van der Waals surface area contributed by atoms with Crippen molar-refractivity contribution in [2.45, 2.75) is 12.6 Å². The van der Waals surface area contributed by atoms with Crippen LogP contribution in [0.3, 0.4) is 0 Å². The van der Waals surface area contributed by atoms with Gasteiger partial charge in [-0.1, -0.05) is 48.5 Å². The van der Waals surface area contributed by atoms with Crippen molar-refractivity contribution in [1.29, 1.82) is 0 Å². The standard InChI is InChI=1S/C32H34N2O7/c1-38-25-10-6-9-24(19-25)30(35)28-29(34(32(37)31(28)36)14-13-33-15-17-40-18-16-33)23-11-12-26(27(20-23)39-2)41-21-22-7-4-3-5-8-22/h3-12,19-20,29,35H,13-18,21H2,1-2H3/b30-28+. The van der Waals surface area contributed by atoms with Gasteiger partial charge in [0.2, 0.25) is 0 Å². The van der Waals surface area contributed by atoms with Crippen molar-refractivity contribution in [3.63, 3.8) is 0 Å². The van der Waals surface area contributed by atoms with Crippen LogP contribution in [0.2, 0.25) is 0 Å². The Morgan fingerprint density at radius 1 is 0.902 bits per heavy atom. The molecular formula is C32H34N2O7. The molecule has 5 rings (SSSR count). The Kier molecular flexibility index (Phi) is 8.86. The molecule has 1 amide bonds. The van der Waals surface area contributed by atoms with E-state index in [1.165, 1.54) is 12.0 Å². The minimum absolute atomic E-state index is 0.0187. The lowest BCUT2D eigenvalue weighted by Gasteiger charge is -2.31. The van der Waals surface area contributed by atoms with E-state index in [0.717, 1.165) is 18.7 Å². The van der Waals surface area contributed by atoms with Crippen LogP contribution >= 0.6 is 0 Å². The Balaban J connectivity index is 1.52. The Morgan fingerprint density at radius 3 is 2.41 bits per heavy atom. The summed E-state index contributed by atoms with van der Waals surface area (Å²) in [5.41, 5.74) is 2.04. The number of hydrogen-bond acceptors (Lipinski definition) is 8. The lowest BCUT2D eigenvalue weighted by Crippen LogP contribution is -2.42. The number of likely N-dealkylation sites (tertiary alicyclic amines) is 1. The first-order valence-corrected chi connectivity index (χ1v) is 13.6. The van der Waals surface area contributed by atoms with Gasteiger partial charge in [0, 0.05) is 31.7 Å². The van der Waals surface area contributed by atoms with E-state index < -0.39 is 17.7 Å². The Labute approximate surface area is 239 Å². The maximum absolute atomic E-state index is 13.5. The fourth-order valence-corrected chi connectivity index (χ4v) is 5.17. The highest BCUT2D eigenvalue weighted by molar-refractivity contribution is 6.46. The molecule has 2 aliphatic rings. The van der Waals surface area contributed by atoms with Crippen molar-refractivity contribution in [1.82, 2.24) is 9.80 Å². The number of rotatable bonds is 10. The molecule has 1 N–H and O–H groups in total. The van der Waals surface area contributed by atoms with E-state index in [9.17, 15) is 14.7 Å². The molecule has 2 heterocycles. The van der Waals surface area contributed by atoms with Crippen LogP contribution in [0.5, 0.6) is 17.2 Å². The number of hydrogen-bond donors (Lipinski definition) is 1. The molecule has 0 spiro atoms. The molecular weight excluding hydrogens is 524 g/mol. The van der Waals surface area contributed by atoms with Crippen molar-refractivity contribution in [2.24, 2.45) is 0 Å². The summed E-state index contributed by atoms with van der Waals surface area (Å²) < 4.78 is 22.4. The average Bonchev–Trinajstić information content (AvgIpc) is 3.28. The molecule has 3 aromatic carbocycles. The van der Waals surface area contributed by atoms with E-state index in [1.54, 1.807) is 49.6 Å². The molecule has 1 atom stereocenters. The lowest BCUT2D eigenvalue weighted by atomic mass is 9.95. The molecule has 9 heteroatoms. The second-order valence-electron chi connectivity index (χ2n) is 9.86. The first-order valence-electron chi connectivity index (χ1n) is 13.6. The van der Waals surface area contributed by atoms with Gasteiger partial charge < -0.3 is 29.0 Å². The minimum Gasteiger partial charge on any atom is -0.507 e. The number of ether oxygens (including phenoxy) is 4. The molecule has 2 aliphatic heterocycles. The van der Waals surface area contributed by atoms with Gasteiger partial charge in [-0.05, 0) is 35.4 Å². The van der Waals surface area contributed by atoms with Gasteiger partial charge in [0.15, 0.2) is 11.5 Å². The molecule has 0 bridgehead atoms. The summed E-state index contributed by atoms with van der Waals surface area (Å²) in [6, 6.07) is 21.1. The number of nitrogens with zero attached hydrogens (tertiary/aromatic N) is 2. The molecule has 0 aliphatic carbocycles.